The molecule has 16 heavy (non-hydrogen) atoms. The molecule has 0 radical (unpaired) electrons. The number of carbonyl (C=O) groups excluding carboxylic acids is 1. The number of carboxylic acids is 1. The molecule has 0 aliphatic rings. The predicted octanol–water partition coefficient (Wildman–Crippen LogP) is 0.699. The number of aliphatic carboxylic acids is 1. The van der Waals surface area contributed by atoms with Crippen LogP contribution in [-0.2, 0) is 9.59 Å². The van der Waals surface area contributed by atoms with E-state index in [4.69, 9.17) is 5.11 Å². The van der Waals surface area contributed by atoms with Crippen LogP contribution in [-0.4, -0.2) is 48.1 Å². The van der Waals surface area contributed by atoms with E-state index in [-0.39, 0.29) is 12.3 Å². The Morgan fingerprint density at radius 2 is 1.94 bits per heavy atom. The fourth-order valence-corrected chi connectivity index (χ4v) is 1.36. The Bertz CT molecular complexity index is 219. The average Bonchev–Trinajstić information content (AvgIpc) is 2.20. The first-order valence-electron chi connectivity index (χ1n) is 5.74. The molecular weight excluding hydrogens is 208 g/mol. The van der Waals surface area contributed by atoms with Crippen LogP contribution < -0.4 is 5.32 Å². The van der Waals surface area contributed by atoms with Crippen molar-refractivity contribution in [1.29, 1.82) is 0 Å². The van der Waals surface area contributed by atoms with Crippen molar-refractivity contribution in [3.05, 3.63) is 0 Å². The SMILES string of the molecule is CCCCN(CCNC(C)=O)CCC(=O)O. The van der Waals surface area contributed by atoms with Crippen molar-refractivity contribution in [1.82, 2.24) is 10.2 Å². The van der Waals surface area contributed by atoms with Crippen molar-refractivity contribution in [3.63, 3.8) is 0 Å². The molecule has 0 aromatic rings. The third-order valence-electron chi connectivity index (χ3n) is 2.27. The van der Waals surface area contributed by atoms with Crippen molar-refractivity contribution in [3.8, 4) is 0 Å². The van der Waals surface area contributed by atoms with E-state index < -0.39 is 5.97 Å². The maximum atomic E-state index is 10.7. The maximum absolute atomic E-state index is 10.7. The molecule has 0 aromatic heterocycles. The van der Waals surface area contributed by atoms with Gasteiger partial charge < -0.3 is 15.3 Å². The van der Waals surface area contributed by atoms with Gasteiger partial charge in [0.1, 0.15) is 0 Å². The number of hydrogen-bond acceptors (Lipinski definition) is 3. The van der Waals surface area contributed by atoms with Gasteiger partial charge >= 0.3 is 5.97 Å². The first-order valence-corrected chi connectivity index (χ1v) is 5.74. The van der Waals surface area contributed by atoms with E-state index in [1.807, 2.05) is 0 Å². The minimum absolute atomic E-state index is 0.0475. The second-order valence-electron chi connectivity index (χ2n) is 3.82. The van der Waals surface area contributed by atoms with Gasteiger partial charge in [-0.1, -0.05) is 13.3 Å². The van der Waals surface area contributed by atoms with Crippen LogP contribution in [0.4, 0.5) is 0 Å². The molecule has 0 heterocycles. The van der Waals surface area contributed by atoms with Crippen LogP contribution in [0.15, 0.2) is 0 Å². The molecule has 0 aromatic carbocycles. The lowest BCUT2D eigenvalue weighted by Crippen LogP contribution is -2.35. The summed E-state index contributed by atoms with van der Waals surface area (Å²) in [5.74, 6) is -0.824. The van der Waals surface area contributed by atoms with Crippen LogP contribution in [0.5, 0.6) is 0 Å². The normalized spacial score (nSPS) is 10.4. The van der Waals surface area contributed by atoms with E-state index >= 15 is 0 Å². The number of carboxylic acid groups (broad SMARTS) is 1. The van der Waals surface area contributed by atoms with Crippen molar-refractivity contribution < 1.29 is 14.7 Å². The number of hydrogen-bond donors (Lipinski definition) is 2. The van der Waals surface area contributed by atoms with Gasteiger partial charge in [-0.15, -0.1) is 0 Å². The number of nitrogens with one attached hydrogen (secondary N) is 1. The fourth-order valence-electron chi connectivity index (χ4n) is 1.36. The molecule has 0 saturated carbocycles. The fraction of sp³-hybridized carbons (Fsp3) is 0.818. The van der Waals surface area contributed by atoms with Gasteiger partial charge in [-0.2, -0.15) is 0 Å². The van der Waals surface area contributed by atoms with E-state index in [9.17, 15) is 9.59 Å². The van der Waals surface area contributed by atoms with Gasteiger partial charge in [0.25, 0.3) is 0 Å². The predicted molar refractivity (Wildman–Crippen MR) is 62.3 cm³/mol. The largest absolute Gasteiger partial charge is 0.481 e. The first-order chi connectivity index (χ1) is 7.56. The lowest BCUT2D eigenvalue weighted by Gasteiger charge is -2.21. The highest BCUT2D eigenvalue weighted by atomic mass is 16.4. The highest BCUT2D eigenvalue weighted by molar-refractivity contribution is 5.72. The summed E-state index contributed by atoms with van der Waals surface area (Å²) in [6, 6.07) is 0. The summed E-state index contributed by atoms with van der Waals surface area (Å²) in [5, 5.41) is 11.3. The summed E-state index contributed by atoms with van der Waals surface area (Å²) >= 11 is 0. The number of carbonyl (C=O) groups is 2. The summed E-state index contributed by atoms with van der Waals surface area (Å²) in [6.07, 6.45) is 2.30. The smallest absolute Gasteiger partial charge is 0.304 e. The summed E-state index contributed by atoms with van der Waals surface area (Å²) in [6.45, 7) is 6.32. The van der Waals surface area contributed by atoms with Crippen molar-refractivity contribution in [2.45, 2.75) is 33.1 Å². The van der Waals surface area contributed by atoms with Crippen LogP contribution in [0.3, 0.4) is 0 Å². The third-order valence-corrected chi connectivity index (χ3v) is 2.27. The van der Waals surface area contributed by atoms with E-state index in [0.29, 0.717) is 19.6 Å². The summed E-state index contributed by atoms with van der Waals surface area (Å²) in [5.41, 5.74) is 0. The monoisotopic (exact) mass is 230 g/mol. The van der Waals surface area contributed by atoms with Gasteiger partial charge in [0.05, 0.1) is 6.42 Å². The lowest BCUT2D eigenvalue weighted by molar-refractivity contribution is -0.137. The summed E-state index contributed by atoms with van der Waals surface area (Å²) < 4.78 is 0. The van der Waals surface area contributed by atoms with Gasteiger partial charge in [-0.3, -0.25) is 9.59 Å². The lowest BCUT2D eigenvalue weighted by atomic mass is 10.3. The molecule has 0 aliphatic carbocycles. The standard InChI is InChI=1S/C11H22N2O3/c1-3-4-7-13(8-5-11(15)16)9-6-12-10(2)14/h3-9H2,1-2H3,(H,12,14)(H,15,16). The van der Waals surface area contributed by atoms with Gasteiger partial charge in [0.15, 0.2) is 0 Å². The van der Waals surface area contributed by atoms with Gasteiger partial charge in [0, 0.05) is 26.6 Å². The quantitative estimate of drug-likeness (QED) is 0.611. The minimum atomic E-state index is -0.777. The van der Waals surface area contributed by atoms with Crippen molar-refractivity contribution >= 4 is 11.9 Å². The Balaban J connectivity index is 3.79. The molecule has 0 saturated heterocycles. The first kappa shape index (κ1) is 14.9. The molecule has 0 rings (SSSR count). The molecule has 0 atom stereocenters. The highest BCUT2D eigenvalue weighted by Gasteiger charge is 2.06. The van der Waals surface area contributed by atoms with E-state index in [1.165, 1.54) is 6.92 Å². The molecule has 0 unspecified atom stereocenters. The Kier molecular flexibility index (Phi) is 8.52. The molecule has 5 heteroatoms. The van der Waals surface area contributed by atoms with E-state index in [2.05, 4.69) is 17.1 Å². The Morgan fingerprint density at radius 3 is 2.44 bits per heavy atom. The number of unbranched alkanes of at least 4 members (excludes halogenated alkanes) is 1. The number of amides is 1. The Labute approximate surface area is 96.8 Å². The van der Waals surface area contributed by atoms with Gasteiger partial charge in [0.2, 0.25) is 5.91 Å². The van der Waals surface area contributed by atoms with E-state index in [1.54, 1.807) is 0 Å². The molecule has 0 bridgehead atoms. The van der Waals surface area contributed by atoms with Crippen LogP contribution in [0.25, 0.3) is 0 Å². The summed E-state index contributed by atoms with van der Waals surface area (Å²) in [7, 11) is 0. The molecule has 1 amide bonds. The minimum Gasteiger partial charge on any atom is -0.481 e. The molecule has 2 N–H and O–H groups in total. The number of nitrogens with zero attached hydrogens (tertiary/aromatic N) is 1. The molecular formula is C11H22N2O3. The zero-order chi connectivity index (χ0) is 12.4. The summed E-state index contributed by atoms with van der Waals surface area (Å²) in [4.78, 5) is 23.2. The van der Waals surface area contributed by atoms with Gasteiger partial charge in [-0.05, 0) is 13.0 Å². The second kappa shape index (κ2) is 9.15. The topological polar surface area (TPSA) is 69.6 Å². The van der Waals surface area contributed by atoms with Crippen LogP contribution >= 0.6 is 0 Å². The van der Waals surface area contributed by atoms with Crippen LogP contribution in [0, 0.1) is 0 Å². The van der Waals surface area contributed by atoms with E-state index in [0.717, 1.165) is 19.4 Å². The second-order valence-corrected chi connectivity index (χ2v) is 3.82. The third kappa shape index (κ3) is 9.45. The molecule has 0 fully saturated rings. The highest BCUT2D eigenvalue weighted by Crippen LogP contribution is 1.96. The van der Waals surface area contributed by atoms with Crippen LogP contribution in [0.2, 0.25) is 0 Å². The van der Waals surface area contributed by atoms with Crippen LogP contribution in [0.1, 0.15) is 33.1 Å². The zero-order valence-corrected chi connectivity index (χ0v) is 10.2. The maximum Gasteiger partial charge on any atom is 0.304 e. The molecule has 0 aliphatic heterocycles. The number of rotatable bonds is 9. The molecule has 5 nitrogen and oxygen atoms in total. The zero-order valence-electron chi connectivity index (χ0n) is 10.2. The molecule has 0 spiro atoms. The Morgan fingerprint density at radius 1 is 1.25 bits per heavy atom. The van der Waals surface area contributed by atoms with Crippen molar-refractivity contribution in [2.75, 3.05) is 26.2 Å². The molecule has 94 valence electrons. The average molecular weight is 230 g/mol. The Hall–Kier alpha value is -1.10. The van der Waals surface area contributed by atoms with Crippen molar-refractivity contribution in [2.24, 2.45) is 0 Å². The van der Waals surface area contributed by atoms with Gasteiger partial charge in [-0.25, -0.2) is 0 Å².